The Morgan fingerprint density at radius 3 is 1.75 bits per heavy atom. The molecule has 0 aliphatic carbocycles. The van der Waals surface area contributed by atoms with Crippen LogP contribution >= 0.6 is 7.82 Å². The van der Waals surface area contributed by atoms with Gasteiger partial charge in [0.2, 0.25) is 0 Å². The maximum atomic E-state index is 12.7. The first kappa shape index (κ1) is 54.9. The molecule has 0 heterocycles. The third-order valence-electron chi connectivity index (χ3n) is 9.29. The van der Waals surface area contributed by atoms with Gasteiger partial charge in [0.1, 0.15) is 19.8 Å². The minimum absolute atomic E-state index is 0.0348. The second kappa shape index (κ2) is 36.9. The van der Waals surface area contributed by atoms with E-state index in [1.165, 1.54) is 83.5 Å². The smallest absolute Gasteiger partial charge is 0.306 e. The minimum Gasteiger partial charge on any atom is -0.756 e. The summed E-state index contributed by atoms with van der Waals surface area (Å²) in [4.78, 5) is 37.5. The molecule has 0 aliphatic heterocycles. The van der Waals surface area contributed by atoms with Gasteiger partial charge in [-0.15, -0.1) is 0 Å². The van der Waals surface area contributed by atoms with Crippen molar-refractivity contribution in [3.05, 3.63) is 48.6 Å². The molecule has 0 aromatic heterocycles. The van der Waals surface area contributed by atoms with Crippen LogP contribution in [0.15, 0.2) is 48.6 Å². The highest BCUT2D eigenvalue weighted by Crippen LogP contribution is 2.38. The summed E-state index contributed by atoms with van der Waals surface area (Å²) in [6.45, 7) is 3.87. The van der Waals surface area contributed by atoms with E-state index in [1.807, 2.05) is 27.2 Å². The number of phosphoric acid groups is 1. The van der Waals surface area contributed by atoms with E-state index in [0.717, 1.165) is 25.7 Å². The monoisotopic (exact) mass is 828 g/mol. The van der Waals surface area contributed by atoms with Crippen molar-refractivity contribution < 1.29 is 52.3 Å². The highest BCUT2D eigenvalue weighted by molar-refractivity contribution is 7.45. The zero-order valence-electron chi connectivity index (χ0n) is 36.5. The average molecular weight is 828 g/mol. The Balaban J connectivity index is 4.63. The Morgan fingerprint density at radius 2 is 1.18 bits per heavy atom. The van der Waals surface area contributed by atoms with Gasteiger partial charge in [0.25, 0.3) is 7.82 Å². The first-order chi connectivity index (χ1) is 27.3. The number of likely N-dealkylation sites (N-methyl/N-ethyl adjacent to an activating group) is 1. The number of hydrogen-bond donors (Lipinski definition) is 2. The van der Waals surface area contributed by atoms with Crippen LogP contribution in [0.1, 0.15) is 162 Å². The number of rotatable bonds is 39. The first-order valence-electron chi connectivity index (χ1n) is 22.1. The molecule has 0 fully saturated rings. The second-order valence-electron chi connectivity index (χ2n) is 16.1. The molecule has 332 valence electrons. The van der Waals surface area contributed by atoms with Crippen molar-refractivity contribution >= 4 is 19.8 Å². The van der Waals surface area contributed by atoms with Gasteiger partial charge < -0.3 is 38.1 Å². The Hall–Kier alpha value is -2.11. The predicted molar refractivity (Wildman–Crippen MR) is 229 cm³/mol. The number of aliphatic hydroxyl groups excluding tert-OH is 2. The van der Waals surface area contributed by atoms with E-state index in [2.05, 4.69) is 19.9 Å². The highest BCUT2D eigenvalue weighted by Gasteiger charge is 2.22. The van der Waals surface area contributed by atoms with Crippen LogP contribution in [0, 0.1) is 0 Å². The summed E-state index contributed by atoms with van der Waals surface area (Å²) in [6, 6.07) is 0. The lowest BCUT2D eigenvalue weighted by Crippen LogP contribution is -2.37. The normalized spacial score (nSPS) is 15.2. The third kappa shape index (κ3) is 40.5. The molecule has 0 rings (SSSR count). The molecule has 0 radical (unpaired) electrons. The number of carbonyl (C=O) groups is 2. The molecular weight excluding hydrogens is 745 g/mol. The van der Waals surface area contributed by atoms with Crippen LogP contribution in [0.25, 0.3) is 0 Å². The van der Waals surface area contributed by atoms with Gasteiger partial charge in [-0.25, -0.2) is 0 Å². The van der Waals surface area contributed by atoms with Crippen molar-refractivity contribution in [3.8, 4) is 0 Å². The Labute approximate surface area is 347 Å². The standard InChI is InChI=1S/C45H82NO10P/c1-6-8-10-12-14-15-16-17-18-19-20-21-23-29-35-44(49)53-39-43(40-55-57(51,52)54-38-37-46(3,4)5)56-45(50)36-30-34-42(48)33-28-25-24-27-32-41(47)31-26-22-13-11-9-7-2/h22,24-28,32-33,41-43,47-48H,6-21,23,29-31,34-40H2,1-5H3/b25-24+,26-22-,32-27+,33-28-/t41-,42-,43+/m0/s1. The SMILES string of the molecule is CCCCC/C=C\C[C@H](O)/C=C/C=C/C=C\[C@H](O)CCCC(=O)O[C@H](COC(=O)CCCCCCCCCCCCCCCC)COP(=O)([O-])OCC[N+](C)(C)C. The summed E-state index contributed by atoms with van der Waals surface area (Å²) in [6.07, 6.45) is 34.8. The predicted octanol–water partition coefficient (Wildman–Crippen LogP) is 9.61. The van der Waals surface area contributed by atoms with E-state index < -0.39 is 44.7 Å². The lowest BCUT2D eigenvalue weighted by Gasteiger charge is -2.28. The molecule has 1 unspecified atom stereocenters. The van der Waals surface area contributed by atoms with Crippen LogP contribution < -0.4 is 4.89 Å². The second-order valence-corrected chi connectivity index (χ2v) is 17.5. The molecule has 57 heavy (non-hydrogen) atoms. The van der Waals surface area contributed by atoms with E-state index in [-0.39, 0.29) is 26.1 Å². The van der Waals surface area contributed by atoms with Gasteiger partial charge >= 0.3 is 11.9 Å². The first-order valence-corrected chi connectivity index (χ1v) is 23.5. The van der Waals surface area contributed by atoms with Gasteiger partial charge in [0.05, 0.1) is 40.0 Å². The Morgan fingerprint density at radius 1 is 0.649 bits per heavy atom. The van der Waals surface area contributed by atoms with E-state index in [4.69, 9.17) is 18.5 Å². The van der Waals surface area contributed by atoms with Crippen molar-refractivity contribution in [2.45, 2.75) is 180 Å². The maximum Gasteiger partial charge on any atom is 0.306 e. The largest absolute Gasteiger partial charge is 0.756 e. The fraction of sp³-hybridized carbons (Fsp3) is 0.778. The van der Waals surface area contributed by atoms with Gasteiger partial charge in [-0.1, -0.05) is 159 Å². The van der Waals surface area contributed by atoms with E-state index in [1.54, 1.807) is 36.5 Å². The van der Waals surface area contributed by atoms with Crippen LogP contribution in [-0.4, -0.2) is 92.5 Å². The molecule has 0 saturated heterocycles. The molecule has 2 N–H and O–H groups in total. The molecule has 0 bridgehead atoms. The van der Waals surface area contributed by atoms with Crippen LogP contribution in [0.5, 0.6) is 0 Å². The molecule has 4 atom stereocenters. The zero-order valence-corrected chi connectivity index (χ0v) is 37.4. The number of carbonyl (C=O) groups excluding carboxylic acids is 2. The fourth-order valence-corrected chi connectivity index (χ4v) is 6.46. The van der Waals surface area contributed by atoms with Gasteiger partial charge in [-0.2, -0.15) is 0 Å². The quantitative estimate of drug-likeness (QED) is 0.0153. The molecule has 12 heteroatoms. The topological polar surface area (TPSA) is 152 Å². The van der Waals surface area contributed by atoms with Gasteiger partial charge in [-0.05, 0) is 38.5 Å². The Bertz CT molecular complexity index is 1150. The molecule has 0 amide bonds. The lowest BCUT2D eigenvalue weighted by molar-refractivity contribution is -0.870. The molecule has 0 saturated carbocycles. The molecule has 11 nitrogen and oxygen atoms in total. The van der Waals surface area contributed by atoms with Gasteiger partial charge in [0, 0.05) is 12.8 Å². The van der Waals surface area contributed by atoms with Crippen molar-refractivity contribution in [2.75, 3.05) is 47.5 Å². The fourth-order valence-electron chi connectivity index (χ4n) is 5.73. The van der Waals surface area contributed by atoms with Crippen molar-refractivity contribution in [3.63, 3.8) is 0 Å². The van der Waals surface area contributed by atoms with Crippen LogP contribution in [0.4, 0.5) is 0 Å². The minimum atomic E-state index is -4.69. The van der Waals surface area contributed by atoms with Crippen LogP contribution in [0.3, 0.4) is 0 Å². The van der Waals surface area contributed by atoms with Crippen LogP contribution in [-0.2, 0) is 32.7 Å². The van der Waals surface area contributed by atoms with E-state index in [0.29, 0.717) is 36.7 Å². The number of nitrogens with zero attached hydrogens (tertiary/aromatic N) is 1. The summed E-state index contributed by atoms with van der Waals surface area (Å²) >= 11 is 0. The number of hydrogen-bond acceptors (Lipinski definition) is 10. The number of esters is 2. The van der Waals surface area contributed by atoms with Crippen LogP contribution in [0.2, 0.25) is 0 Å². The maximum absolute atomic E-state index is 12.7. The molecule has 0 aromatic carbocycles. The number of phosphoric ester groups is 1. The van der Waals surface area contributed by atoms with Gasteiger partial charge in [-0.3, -0.25) is 14.2 Å². The highest BCUT2D eigenvalue weighted by atomic mass is 31.2. The third-order valence-corrected chi connectivity index (χ3v) is 10.3. The number of allylic oxidation sites excluding steroid dienone is 5. The molecular formula is C45H82NO10P. The lowest BCUT2D eigenvalue weighted by atomic mass is 10.0. The summed E-state index contributed by atoms with van der Waals surface area (Å²) in [5.41, 5.74) is 0. The Kier molecular flexibility index (Phi) is 35.6. The van der Waals surface area contributed by atoms with Crippen molar-refractivity contribution in [1.29, 1.82) is 0 Å². The zero-order chi connectivity index (χ0) is 42.5. The van der Waals surface area contributed by atoms with E-state index in [9.17, 15) is 29.3 Å². The number of ether oxygens (including phenoxy) is 2. The number of aliphatic hydroxyl groups is 2. The van der Waals surface area contributed by atoms with Crippen molar-refractivity contribution in [2.24, 2.45) is 0 Å². The molecule has 0 aliphatic rings. The van der Waals surface area contributed by atoms with Gasteiger partial charge in [0.15, 0.2) is 6.10 Å². The summed E-state index contributed by atoms with van der Waals surface area (Å²) < 4.78 is 33.7. The summed E-state index contributed by atoms with van der Waals surface area (Å²) in [5.74, 6) is -1.07. The number of unbranched alkanes of at least 4 members (excludes halogenated alkanes) is 16. The molecule has 0 spiro atoms. The van der Waals surface area contributed by atoms with Crippen molar-refractivity contribution in [1.82, 2.24) is 0 Å². The summed E-state index contributed by atoms with van der Waals surface area (Å²) in [5, 5.41) is 20.3. The summed E-state index contributed by atoms with van der Waals surface area (Å²) in [7, 11) is 1.01. The molecule has 0 aromatic rings. The number of quaternary nitrogens is 1. The van der Waals surface area contributed by atoms with E-state index >= 15 is 0 Å². The average Bonchev–Trinajstić information content (AvgIpc) is 3.15.